The summed E-state index contributed by atoms with van der Waals surface area (Å²) in [4.78, 5) is 0. The monoisotopic (exact) mass is 329 g/mol. The van der Waals surface area contributed by atoms with E-state index >= 15 is 0 Å². The molecule has 0 fully saturated rings. The number of rotatable bonds is 2. The number of nitriles is 2. The molecule has 1 rings (SSSR count). The SMILES string of the molecule is N#CC(C#N)=CNc1ccc(I)c(F)c1O. The standard InChI is InChI=1S/C10H5FIN3O/c11-9-7(12)1-2-8(10(9)16)15-5-6(3-13)4-14/h1-2,5,15-16H. The molecule has 4 nitrogen and oxygen atoms in total. The van der Waals surface area contributed by atoms with Crippen molar-refractivity contribution >= 4 is 28.3 Å². The summed E-state index contributed by atoms with van der Waals surface area (Å²) in [6, 6.07) is 6.17. The highest BCUT2D eigenvalue weighted by Crippen LogP contribution is 2.29. The van der Waals surface area contributed by atoms with Gasteiger partial charge < -0.3 is 10.4 Å². The summed E-state index contributed by atoms with van der Waals surface area (Å²) in [5.41, 5.74) is -0.0701. The van der Waals surface area contributed by atoms with E-state index in [0.717, 1.165) is 6.20 Å². The second-order valence-corrected chi connectivity index (χ2v) is 3.85. The van der Waals surface area contributed by atoms with Crippen LogP contribution in [0.1, 0.15) is 0 Å². The minimum atomic E-state index is -0.741. The average molecular weight is 329 g/mol. The van der Waals surface area contributed by atoms with Gasteiger partial charge in [0.2, 0.25) is 0 Å². The highest BCUT2D eigenvalue weighted by molar-refractivity contribution is 14.1. The third-order valence-electron chi connectivity index (χ3n) is 1.68. The first-order valence-electron chi connectivity index (χ1n) is 4.04. The predicted octanol–water partition coefficient (Wildman–Crippen LogP) is 2.48. The lowest BCUT2D eigenvalue weighted by molar-refractivity contribution is 0.432. The van der Waals surface area contributed by atoms with Gasteiger partial charge in [-0.15, -0.1) is 0 Å². The maximum atomic E-state index is 13.2. The molecule has 0 aliphatic rings. The Balaban J connectivity index is 3.02. The predicted molar refractivity (Wildman–Crippen MR) is 63.7 cm³/mol. The highest BCUT2D eigenvalue weighted by Gasteiger charge is 2.09. The zero-order valence-corrected chi connectivity index (χ0v) is 9.99. The van der Waals surface area contributed by atoms with E-state index in [9.17, 15) is 9.50 Å². The fourth-order valence-electron chi connectivity index (χ4n) is 0.896. The smallest absolute Gasteiger partial charge is 0.180 e. The van der Waals surface area contributed by atoms with Crippen molar-refractivity contribution in [1.29, 1.82) is 10.5 Å². The van der Waals surface area contributed by atoms with Crippen LogP contribution in [0, 0.1) is 32.0 Å². The first-order valence-corrected chi connectivity index (χ1v) is 5.12. The molecule has 0 aromatic heterocycles. The van der Waals surface area contributed by atoms with Crippen molar-refractivity contribution in [2.24, 2.45) is 0 Å². The second-order valence-electron chi connectivity index (χ2n) is 2.68. The van der Waals surface area contributed by atoms with Crippen molar-refractivity contribution in [3.05, 3.63) is 33.3 Å². The third-order valence-corrected chi connectivity index (χ3v) is 2.52. The summed E-state index contributed by atoms with van der Waals surface area (Å²) in [7, 11) is 0. The molecule has 80 valence electrons. The van der Waals surface area contributed by atoms with Crippen LogP contribution in [0.5, 0.6) is 5.75 Å². The molecule has 0 radical (unpaired) electrons. The fourth-order valence-corrected chi connectivity index (χ4v) is 1.33. The molecule has 0 heterocycles. The van der Waals surface area contributed by atoms with E-state index in [4.69, 9.17) is 10.5 Å². The first kappa shape index (κ1) is 12.3. The molecule has 0 bridgehead atoms. The minimum Gasteiger partial charge on any atom is -0.503 e. The molecule has 0 unspecified atom stereocenters. The lowest BCUT2D eigenvalue weighted by Crippen LogP contribution is -1.93. The summed E-state index contributed by atoms with van der Waals surface area (Å²) in [5, 5.41) is 28.8. The maximum absolute atomic E-state index is 13.2. The number of anilines is 1. The van der Waals surface area contributed by atoms with Crippen LogP contribution in [0.2, 0.25) is 0 Å². The van der Waals surface area contributed by atoms with E-state index in [2.05, 4.69) is 5.32 Å². The van der Waals surface area contributed by atoms with Gasteiger partial charge in [0, 0.05) is 6.20 Å². The van der Waals surface area contributed by atoms with Crippen LogP contribution in [0.4, 0.5) is 10.1 Å². The van der Waals surface area contributed by atoms with Gasteiger partial charge in [-0.3, -0.25) is 0 Å². The Labute approximate surface area is 105 Å². The number of benzene rings is 1. The van der Waals surface area contributed by atoms with Gasteiger partial charge >= 0.3 is 0 Å². The van der Waals surface area contributed by atoms with Crippen LogP contribution in [-0.4, -0.2) is 5.11 Å². The lowest BCUT2D eigenvalue weighted by atomic mass is 10.2. The number of phenolic OH excluding ortho intramolecular Hbond substituents is 1. The number of halogens is 2. The summed E-state index contributed by atoms with van der Waals surface area (Å²) in [6.07, 6.45) is 1.10. The summed E-state index contributed by atoms with van der Waals surface area (Å²) in [6.45, 7) is 0. The van der Waals surface area contributed by atoms with Gasteiger partial charge in [-0.05, 0) is 34.7 Å². The highest BCUT2D eigenvalue weighted by atomic mass is 127. The molecule has 1 aromatic rings. The molecule has 0 atom stereocenters. The zero-order chi connectivity index (χ0) is 12.1. The number of hydrogen-bond donors (Lipinski definition) is 2. The van der Waals surface area contributed by atoms with E-state index < -0.39 is 11.6 Å². The van der Waals surface area contributed by atoms with Crippen LogP contribution in [-0.2, 0) is 0 Å². The second kappa shape index (κ2) is 5.33. The lowest BCUT2D eigenvalue weighted by Gasteiger charge is -2.05. The first-order chi connectivity index (χ1) is 7.60. The maximum Gasteiger partial charge on any atom is 0.180 e. The van der Waals surface area contributed by atoms with Crippen LogP contribution in [0.25, 0.3) is 0 Å². The molecule has 6 heteroatoms. The van der Waals surface area contributed by atoms with Crippen LogP contribution in [0.15, 0.2) is 23.9 Å². The van der Waals surface area contributed by atoms with Gasteiger partial charge in [-0.1, -0.05) is 0 Å². The molecule has 0 saturated heterocycles. The Kier molecular flexibility index (Phi) is 4.09. The van der Waals surface area contributed by atoms with Crippen LogP contribution in [0.3, 0.4) is 0 Å². The van der Waals surface area contributed by atoms with E-state index in [1.807, 2.05) is 0 Å². The number of allylic oxidation sites excluding steroid dienone is 1. The van der Waals surface area contributed by atoms with Gasteiger partial charge in [-0.2, -0.15) is 10.5 Å². The molecule has 0 aliphatic carbocycles. The minimum absolute atomic E-state index is 0.0981. The Morgan fingerprint density at radius 1 is 1.44 bits per heavy atom. The molecule has 2 N–H and O–H groups in total. The number of nitrogens with one attached hydrogen (secondary N) is 1. The molecular formula is C10H5FIN3O. The van der Waals surface area contributed by atoms with Gasteiger partial charge in [0.05, 0.1) is 9.26 Å². The fraction of sp³-hybridized carbons (Fsp3) is 0. The largest absolute Gasteiger partial charge is 0.503 e. The van der Waals surface area contributed by atoms with E-state index in [0.29, 0.717) is 0 Å². The molecule has 0 saturated carbocycles. The van der Waals surface area contributed by atoms with Gasteiger partial charge in [0.15, 0.2) is 11.6 Å². The Hall–Kier alpha value is -1.80. The van der Waals surface area contributed by atoms with Crippen LogP contribution >= 0.6 is 22.6 Å². The number of hydrogen-bond acceptors (Lipinski definition) is 4. The van der Waals surface area contributed by atoms with E-state index in [1.165, 1.54) is 12.1 Å². The van der Waals surface area contributed by atoms with Gasteiger partial charge in [-0.25, -0.2) is 4.39 Å². The van der Waals surface area contributed by atoms with Crippen LogP contribution < -0.4 is 5.32 Å². The van der Waals surface area contributed by atoms with Crippen molar-refractivity contribution in [1.82, 2.24) is 0 Å². The van der Waals surface area contributed by atoms with Crippen molar-refractivity contribution in [2.45, 2.75) is 0 Å². The summed E-state index contributed by atoms with van der Waals surface area (Å²) < 4.78 is 13.5. The molecule has 0 aliphatic heterocycles. The van der Waals surface area contributed by atoms with Crippen molar-refractivity contribution in [3.63, 3.8) is 0 Å². The summed E-state index contributed by atoms with van der Waals surface area (Å²) in [5.74, 6) is -1.28. The zero-order valence-electron chi connectivity index (χ0n) is 7.83. The summed E-state index contributed by atoms with van der Waals surface area (Å²) >= 11 is 1.74. The van der Waals surface area contributed by atoms with Crippen molar-refractivity contribution in [2.75, 3.05) is 5.32 Å². The van der Waals surface area contributed by atoms with Crippen molar-refractivity contribution < 1.29 is 9.50 Å². The van der Waals surface area contributed by atoms with E-state index in [1.54, 1.807) is 34.7 Å². The number of aromatic hydroxyl groups is 1. The van der Waals surface area contributed by atoms with Gasteiger partial charge in [0.25, 0.3) is 0 Å². The molecule has 0 amide bonds. The van der Waals surface area contributed by atoms with E-state index in [-0.39, 0.29) is 14.8 Å². The quantitative estimate of drug-likeness (QED) is 0.496. The average Bonchev–Trinajstić information content (AvgIpc) is 2.30. The molecular weight excluding hydrogens is 324 g/mol. The van der Waals surface area contributed by atoms with Crippen molar-refractivity contribution in [3.8, 4) is 17.9 Å². The number of nitrogens with zero attached hydrogens (tertiary/aromatic N) is 2. The third kappa shape index (κ3) is 2.61. The molecule has 1 aromatic carbocycles. The Bertz CT molecular complexity index is 512. The number of phenols is 1. The normalized spacial score (nSPS) is 8.75. The molecule has 0 spiro atoms. The Morgan fingerprint density at radius 3 is 2.62 bits per heavy atom. The molecule has 16 heavy (non-hydrogen) atoms. The Morgan fingerprint density at radius 2 is 2.06 bits per heavy atom. The topological polar surface area (TPSA) is 79.8 Å². The van der Waals surface area contributed by atoms with Gasteiger partial charge in [0.1, 0.15) is 17.7 Å².